The van der Waals surface area contributed by atoms with Crippen LogP contribution in [0.25, 0.3) is 0 Å². The highest BCUT2D eigenvalue weighted by Gasteiger charge is 2.34. The Kier molecular flexibility index (Phi) is 6.10. The summed E-state index contributed by atoms with van der Waals surface area (Å²) in [5.74, 6) is -2.16. The zero-order valence-electron chi connectivity index (χ0n) is 11.3. The van der Waals surface area contributed by atoms with Crippen LogP contribution in [0, 0.1) is 5.82 Å². The van der Waals surface area contributed by atoms with Gasteiger partial charge in [-0.1, -0.05) is 0 Å². The van der Waals surface area contributed by atoms with Gasteiger partial charge < -0.3 is 15.8 Å². The Balaban J connectivity index is 2.92. The standard InChI is InChI=1S/C13H16F4N2O2/c1-21-7-9(4-5-18)19-12(20)8-2-3-11(14)10(6-8)13(15,16)17/h2-3,6,9H,4-5,7,18H2,1H3,(H,19,20). The minimum Gasteiger partial charge on any atom is -0.383 e. The van der Waals surface area contributed by atoms with Crippen molar-refractivity contribution in [1.29, 1.82) is 0 Å². The van der Waals surface area contributed by atoms with Crippen LogP contribution in [-0.2, 0) is 10.9 Å². The second-order valence-electron chi connectivity index (χ2n) is 4.40. The van der Waals surface area contributed by atoms with Crippen molar-refractivity contribution in [2.45, 2.75) is 18.6 Å². The molecule has 1 aromatic carbocycles. The van der Waals surface area contributed by atoms with Gasteiger partial charge in [-0.25, -0.2) is 4.39 Å². The van der Waals surface area contributed by atoms with Crippen LogP contribution in [-0.4, -0.2) is 32.2 Å². The Labute approximate surface area is 119 Å². The molecule has 0 heterocycles. The summed E-state index contributed by atoms with van der Waals surface area (Å²) in [4.78, 5) is 11.9. The molecule has 1 unspecified atom stereocenters. The van der Waals surface area contributed by atoms with Gasteiger partial charge in [0.15, 0.2) is 0 Å². The Bertz CT molecular complexity index is 486. The maximum Gasteiger partial charge on any atom is 0.419 e. The molecule has 8 heteroatoms. The van der Waals surface area contributed by atoms with E-state index < -0.39 is 29.5 Å². The molecule has 0 aliphatic heterocycles. The first-order valence-corrected chi connectivity index (χ1v) is 6.16. The highest BCUT2D eigenvalue weighted by Crippen LogP contribution is 2.31. The normalized spacial score (nSPS) is 13.0. The Hall–Kier alpha value is -1.67. The van der Waals surface area contributed by atoms with E-state index in [4.69, 9.17) is 10.5 Å². The first kappa shape index (κ1) is 17.4. The third-order valence-electron chi connectivity index (χ3n) is 2.75. The van der Waals surface area contributed by atoms with E-state index >= 15 is 0 Å². The fourth-order valence-corrected chi connectivity index (χ4v) is 1.75. The van der Waals surface area contributed by atoms with Crippen molar-refractivity contribution in [1.82, 2.24) is 5.32 Å². The van der Waals surface area contributed by atoms with Crippen LogP contribution in [0.15, 0.2) is 18.2 Å². The number of halogens is 4. The molecule has 0 saturated carbocycles. The molecule has 0 spiro atoms. The second kappa shape index (κ2) is 7.37. The molecule has 0 aliphatic carbocycles. The van der Waals surface area contributed by atoms with Crippen molar-refractivity contribution in [2.24, 2.45) is 5.73 Å². The van der Waals surface area contributed by atoms with Crippen LogP contribution in [0.3, 0.4) is 0 Å². The Morgan fingerprint density at radius 3 is 2.62 bits per heavy atom. The van der Waals surface area contributed by atoms with E-state index in [9.17, 15) is 22.4 Å². The first-order chi connectivity index (χ1) is 9.79. The molecular formula is C13H16F4N2O2. The topological polar surface area (TPSA) is 64.3 Å². The fourth-order valence-electron chi connectivity index (χ4n) is 1.75. The lowest BCUT2D eigenvalue weighted by Gasteiger charge is -2.17. The van der Waals surface area contributed by atoms with Gasteiger partial charge in [0.2, 0.25) is 0 Å². The average molecular weight is 308 g/mol. The molecule has 1 rings (SSSR count). The molecule has 0 bridgehead atoms. The lowest BCUT2D eigenvalue weighted by molar-refractivity contribution is -0.140. The number of benzene rings is 1. The van der Waals surface area contributed by atoms with E-state index in [1.165, 1.54) is 7.11 Å². The van der Waals surface area contributed by atoms with Crippen LogP contribution < -0.4 is 11.1 Å². The number of hydrogen-bond donors (Lipinski definition) is 2. The van der Waals surface area contributed by atoms with E-state index in [2.05, 4.69) is 5.32 Å². The summed E-state index contributed by atoms with van der Waals surface area (Å²) in [6.45, 7) is 0.460. The lowest BCUT2D eigenvalue weighted by Crippen LogP contribution is -2.39. The number of alkyl halides is 3. The highest BCUT2D eigenvalue weighted by molar-refractivity contribution is 5.94. The number of hydrogen-bond acceptors (Lipinski definition) is 3. The van der Waals surface area contributed by atoms with Gasteiger partial charge >= 0.3 is 6.18 Å². The molecule has 0 radical (unpaired) electrons. The predicted octanol–water partition coefficient (Wildman–Crippen LogP) is 1.94. The smallest absolute Gasteiger partial charge is 0.383 e. The lowest BCUT2D eigenvalue weighted by atomic mass is 10.1. The third-order valence-corrected chi connectivity index (χ3v) is 2.75. The largest absolute Gasteiger partial charge is 0.419 e. The van der Waals surface area contributed by atoms with Gasteiger partial charge in [0.25, 0.3) is 5.91 Å². The quantitative estimate of drug-likeness (QED) is 0.789. The zero-order valence-corrected chi connectivity index (χ0v) is 11.3. The maximum atomic E-state index is 13.1. The average Bonchev–Trinajstić information content (AvgIpc) is 2.38. The van der Waals surface area contributed by atoms with Crippen molar-refractivity contribution in [2.75, 3.05) is 20.3 Å². The molecule has 118 valence electrons. The van der Waals surface area contributed by atoms with Gasteiger partial charge in [-0.2, -0.15) is 13.2 Å². The number of ether oxygens (including phenoxy) is 1. The van der Waals surface area contributed by atoms with Crippen LogP contribution in [0.2, 0.25) is 0 Å². The van der Waals surface area contributed by atoms with Gasteiger partial charge in [0.1, 0.15) is 5.82 Å². The summed E-state index contributed by atoms with van der Waals surface area (Å²) >= 11 is 0. The van der Waals surface area contributed by atoms with Gasteiger partial charge in [0.05, 0.1) is 18.2 Å². The van der Waals surface area contributed by atoms with Crippen LogP contribution in [0.1, 0.15) is 22.3 Å². The number of carbonyl (C=O) groups is 1. The summed E-state index contributed by atoms with van der Waals surface area (Å²) in [5, 5.41) is 2.50. The molecule has 4 nitrogen and oxygen atoms in total. The summed E-state index contributed by atoms with van der Waals surface area (Å²) in [6, 6.07) is 1.67. The molecule has 0 saturated heterocycles. The Morgan fingerprint density at radius 1 is 1.43 bits per heavy atom. The minimum atomic E-state index is -4.86. The monoisotopic (exact) mass is 308 g/mol. The van der Waals surface area contributed by atoms with Crippen molar-refractivity contribution >= 4 is 5.91 Å². The molecule has 1 atom stereocenters. The van der Waals surface area contributed by atoms with E-state index in [0.717, 1.165) is 6.07 Å². The molecule has 1 amide bonds. The second-order valence-corrected chi connectivity index (χ2v) is 4.40. The van der Waals surface area contributed by atoms with Crippen LogP contribution in [0.4, 0.5) is 17.6 Å². The molecule has 3 N–H and O–H groups in total. The summed E-state index contributed by atoms with van der Waals surface area (Å²) in [5.41, 5.74) is 3.62. The fraction of sp³-hybridized carbons (Fsp3) is 0.462. The van der Waals surface area contributed by atoms with Gasteiger partial charge in [-0.15, -0.1) is 0 Å². The maximum absolute atomic E-state index is 13.1. The summed E-state index contributed by atoms with van der Waals surface area (Å²) < 4.78 is 55.8. The van der Waals surface area contributed by atoms with Crippen molar-refractivity contribution in [3.63, 3.8) is 0 Å². The summed E-state index contributed by atoms with van der Waals surface area (Å²) in [6.07, 6.45) is -4.45. The number of rotatable bonds is 6. The number of nitrogens with two attached hydrogens (primary N) is 1. The molecule has 21 heavy (non-hydrogen) atoms. The molecular weight excluding hydrogens is 292 g/mol. The highest BCUT2D eigenvalue weighted by atomic mass is 19.4. The molecule has 0 fully saturated rings. The number of carbonyl (C=O) groups excluding carboxylic acids is 1. The minimum absolute atomic E-state index is 0.177. The van der Waals surface area contributed by atoms with Gasteiger partial charge in [-0.3, -0.25) is 4.79 Å². The van der Waals surface area contributed by atoms with E-state index in [1.807, 2.05) is 0 Å². The number of methoxy groups -OCH3 is 1. The molecule has 1 aromatic rings. The van der Waals surface area contributed by atoms with Crippen molar-refractivity contribution < 1.29 is 27.1 Å². The number of amides is 1. The van der Waals surface area contributed by atoms with Crippen molar-refractivity contribution in [3.8, 4) is 0 Å². The van der Waals surface area contributed by atoms with E-state index in [-0.39, 0.29) is 18.7 Å². The Morgan fingerprint density at radius 2 is 2.10 bits per heavy atom. The third kappa shape index (κ3) is 4.98. The number of nitrogens with one attached hydrogen (secondary N) is 1. The van der Waals surface area contributed by atoms with Gasteiger partial charge in [-0.05, 0) is 31.2 Å². The molecule has 0 aromatic heterocycles. The van der Waals surface area contributed by atoms with Crippen molar-refractivity contribution in [3.05, 3.63) is 35.1 Å². The first-order valence-electron chi connectivity index (χ1n) is 6.16. The molecule has 0 aliphatic rings. The van der Waals surface area contributed by atoms with E-state index in [0.29, 0.717) is 18.6 Å². The van der Waals surface area contributed by atoms with E-state index in [1.54, 1.807) is 0 Å². The SMILES string of the molecule is COCC(CCN)NC(=O)c1ccc(F)c(C(F)(F)F)c1. The van der Waals surface area contributed by atoms with Crippen LogP contribution in [0.5, 0.6) is 0 Å². The van der Waals surface area contributed by atoms with Gasteiger partial charge in [0, 0.05) is 12.7 Å². The van der Waals surface area contributed by atoms with Crippen LogP contribution >= 0.6 is 0 Å². The summed E-state index contributed by atoms with van der Waals surface area (Å²) in [7, 11) is 1.43. The predicted molar refractivity (Wildman–Crippen MR) is 68.2 cm³/mol. The zero-order chi connectivity index (χ0) is 16.0.